The lowest BCUT2D eigenvalue weighted by atomic mass is 9.74. The molecule has 2 atom stereocenters. The molecule has 1 aliphatic heterocycles. The number of hydrogen-bond donors (Lipinski definition) is 2. The summed E-state index contributed by atoms with van der Waals surface area (Å²) in [5.41, 5.74) is 0.699. The fraction of sp³-hybridized carbons (Fsp3) is 0.632. The molecule has 0 radical (unpaired) electrons. The Morgan fingerprint density at radius 3 is 2.35 bits per heavy atom. The number of sulfone groups is 1. The Morgan fingerprint density at radius 1 is 1.31 bits per heavy atom. The van der Waals surface area contributed by atoms with Crippen molar-refractivity contribution in [2.75, 3.05) is 12.8 Å². The minimum atomic E-state index is -3.19. The second kappa shape index (κ2) is 7.19. The van der Waals surface area contributed by atoms with Crippen LogP contribution in [0.3, 0.4) is 0 Å². The molecule has 7 heteroatoms. The molecule has 1 fully saturated rings. The largest absolute Gasteiger partial charge is 0.465 e. The summed E-state index contributed by atoms with van der Waals surface area (Å²) in [6, 6.07) is 6.83. The number of carbonyl (C=O) groups is 1. The van der Waals surface area contributed by atoms with Crippen molar-refractivity contribution in [2.24, 2.45) is 5.41 Å². The molecule has 1 aliphatic rings. The van der Waals surface area contributed by atoms with Gasteiger partial charge in [-0.2, -0.15) is 0 Å². The Labute approximate surface area is 156 Å². The average molecular weight is 383 g/mol. The first kappa shape index (κ1) is 20.7. The molecule has 146 valence electrons. The van der Waals surface area contributed by atoms with E-state index in [2.05, 4.69) is 33.0 Å². The number of carboxylic acid groups (broad SMARTS) is 1. The second-order valence-corrected chi connectivity index (χ2v) is 10.7. The Hall–Kier alpha value is -1.60. The SMILES string of the molecule is CC1(NCc2ccc(S(C)(=O)=O)cc2)CCN(C(=O)O)C(C(C)(C)C)C1. The highest BCUT2D eigenvalue weighted by atomic mass is 32.2. The average Bonchev–Trinajstić information content (AvgIpc) is 2.51. The summed E-state index contributed by atoms with van der Waals surface area (Å²) < 4.78 is 23.1. The van der Waals surface area contributed by atoms with Gasteiger partial charge in [0.15, 0.2) is 9.84 Å². The van der Waals surface area contributed by atoms with Crippen LogP contribution in [0.4, 0.5) is 4.79 Å². The summed E-state index contributed by atoms with van der Waals surface area (Å²) in [5, 5.41) is 13.1. The van der Waals surface area contributed by atoms with Gasteiger partial charge in [-0.15, -0.1) is 0 Å². The molecule has 2 rings (SSSR count). The number of hydrogen-bond acceptors (Lipinski definition) is 4. The maximum atomic E-state index is 11.6. The van der Waals surface area contributed by atoms with Crippen molar-refractivity contribution in [3.8, 4) is 0 Å². The highest BCUT2D eigenvalue weighted by Gasteiger charge is 2.43. The van der Waals surface area contributed by atoms with Crippen molar-refractivity contribution in [3.05, 3.63) is 29.8 Å². The normalized spacial score (nSPS) is 24.5. The van der Waals surface area contributed by atoms with Crippen LogP contribution in [-0.2, 0) is 16.4 Å². The molecule has 1 heterocycles. The van der Waals surface area contributed by atoms with E-state index in [1.165, 1.54) is 6.26 Å². The molecule has 26 heavy (non-hydrogen) atoms. The summed E-state index contributed by atoms with van der Waals surface area (Å²) >= 11 is 0. The first-order chi connectivity index (χ1) is 11.8. The first-order valence-corrected chi connectivity index (χ1v) is 10.7. The van der Waals surface area contributed by atoms with Crippen LogP contribution in [0.25, 0.3) is 0 Å². The third-order valence-corrected chi connectivity index (χ3v) is 6.37. The van der Waals surface area contributed by atoms with Crippen LogP contribution in [0.15, 0.2) is 29.2 Å². The lowest BCUT2D eigenvalue weighted by Gasteiger charge is -2.49. The third-order valence-electron chi connectivity index (χ3n) is 5.24. The van der Waals surface area contributed by atoms with Crippen LogP contribution in [0.5, 0.6) is 0 Å². The number of piperidine rings is 1. The highest BCUT2D eigenvalue weighted by molar-refractivity contribution is 7.90. The maximum Gasteiger partial charge on any atom is 0.407 e. The summed E-state index contributed by atoms with van der Waals surface area (Å²) in [4.78, 5) is 13.4. The lowest BCUT2D eigenvalue weighted by molar-refractivity contribution is 0.0261. The monoisotopic (exact) mass is 382 g/mol. The lowest BCUT2D eigenvalue weighted by Crippen LogP contribution is -2.60. The zero-order valence-corrected chi connectivity index (χ0v) is 17.1. The van der Waals surface area contributed by atoms with Gasteiger partial charge in [0.2, 0.25) is 0 Å². The van der Waals surface area contributed by atoms with Crippen LogP contribution < -0.4 is 5.32 Å². The van der Waals surface area contributed by atoms with Gasteiger partial charge in [0, 0.05) is 30.9 Å². The van der Waals surface area contributed by atoms with E-state index in [0.717, 1.165) is 18.4 Å². The molecule has 2 unspecified atom stereocenters. The van der Waals surface area contributed by atoms with E-state index in [-0.39, 0.29) is 17.0 Å². The minimum Gasteiger partial charge on any atom is -0.465 e. The van der Waals surface area contributed by atoms with Crippen LogP contribution in [0.2, 0.25) is 0 Å². The molecular formula is C19H30N2O4S. The number of benzene rings is 1. The van der Waals surface area contributed by atoms with E-state index in [4.69, 9.17) is 0 Å². The standard InChI is InChI=1S/C19H30N2O4S/c1-18(2,3)16-12-19(4,10-11-21(16)17(22)23)20-13-14-6-8-15(9-7-14)26(5,24)25/h6-9,16,20H,10-13H2,1-5H3,(H,22,23). The second-order valence-electron chi connectivity index (χ2n) is 8.64. The van der Waals surface area contributed by atoms with E-state index in [1.807, 2.05) is 12.1 Å². The zero-order chi connectivity index (χ0) is 19.8. The molecule has 0 bridgehead atoms. The zero-order valence-electron chi connectivity index (χ0n) is 16.2. The van der Waals surface area contributed by atoms with Gasteiger partial charge >= 0.3 is 6.09 Å². The number of nitrogens with zero attached hydrogens (tertiary/aromatic N) is 1. The molecule has 0 saturated carbocycles. The van der Waals surface area contributed by atoms with Crippen molar-refractivity contribution in [1.82, 2.24) is 10.2 Å². The van der Waals surface area contributed by atoms with Gasteiger partial charge in [0.05, 0.1) is 4.90 Å². The van der Waals surface area contributed by atoms with E-state index < -0.39 is 15.9 Å². The number of nitrogens with one attached hydrogen (secondary N) is 1. The van der Waals surface area contributed by atoms with Crippen LogP contribution in [0.1, 0.15) is 46.1 Å². The molecule has 0 aromatic heterocycles. The minimum absolute atomic E-state index is 0.0566. The summed E-state index contributed by atoms with van der Waals surface area (Å²) in [5.74, 6) is 0. The fourth-order valence-corrected chi connectivity index (χ4v) is 4.13. The van der Waals surface area contributed by atoms with Crippen LogP contribution >= 0.6 is 0 Å². The van der Waals surface area contributed by atoms with Crippen molar-refractivity contribution >= 4 is 15.9 Å². The molecule has 2 N–H and O–H groups in total. The number of amides is 1. The highest BCUT2D eigenvalue weighted by Crippen LogP contribution is 2.36. The summed E-state index contributed by atoms with van der Waals surface area (Å²) in [6.45, 7) is 9.48. The van der Waals surface area contributed by atoms with Gasteiger partial charge in [-0.05, 0) is 42.9 Å². The Kier molecular flexibility index (Phi) is 5.73. The number of likely N-dealkylation sites (tertiary alicyclic amines) is 1. The summed E-state index contributed by atoms with van der Waals surface area (Å²) in [7, 11) is -3.19. The molecular weight excluding hydrogens is 352 g/mol. The quantitative estimate of drug-likeness (QED) is 0.835. The van der Waals surface area contributed by atoms with Gasteiger partial charge in [0.1, 0.15) is 0 Å². The van der Waals surface area contributed by atoms with Gasteiger partial charge in [0.25, 0.3) is 0 Å². The predicted molar refractivity (Wildman–Crippen MR) is 102 cm³/mol. The van der Waals surface area contributed by atoms with Crippen molar-refractivity contribution in [2.45, 2.75) is 63.6 Å². The van der Waals surface area contributed by atoms with Crippen molar-refractivity contribution in [1.29, 1.82) is 0 Å². The Balaban J connectivity index is 2.08. The van der Waals surface area contributed by atoms with Crippen molar-refractivity contribution < 1.29 is 18.3 Å². The van der Waals surface area contributed by atoms with Gasteiger partial charge in [-0.3, -0.25) is 0 Å². The molecule has 0 aliphatic carbocycles. The molecule has 1 aromatic carbocycles. The van der Waals surface area contributed by atoms with E-state index in [0.29, 0.717) is 18.0 Å². The topological polar surface area (TPSA) is 86.7 Å². The van der Waals surface area contributed by atoms with E-state index in [1.54, 1.807) is 17.0 Å². The molecule has 0 spiro atoms. The van der Waals surface area contributed by atoms with Gasteiger partial charge in [-0.25, -0.2) is 13.2 Å². The molecule has 1 aromatic rings. The molecule has 1 amide bonds. The molecule has 1 saturated heterocycles. The smallest absolute Gasteiger partial charge is 0.407 e. The third kappa shape index (κ3) is 4.98. The van der Waals surface area contributed by atoms with E-state index >= 15 is 0 Å². The van der Waals surface area contributed by atoms with Crippen molar-refractivity contribution in [3.63, 3.8) is 0 Å². The van der Waals surface area contributed by atoms with E-state index in [9.17, 15) is 18.3 Å². The molecule has 6 nitrogen and oxygen atoms in total. The van der Waals surface area contributed by atoms with Crippen LogP contribution in [0, 0.1) is 5.41 Å². The summed E-state index contributed by atoms with van der Waals surface area (Å²) in [6.07, 6.45) is 1.82. The fourth-order valence-electron chi connectivity index (χ4n) is 3.50. The first-order valence-electron chi connectivity index (χ1n) is 8.85. The van der Waals surface area contributed by atoms with Gasteiger partial charge < -0.3 is 15.3 Å². The maximum absolute atomic E-state index is 11.6. The predicted octanol–water partition coefficient (Wildman–Crippen LogP) is 3.13. The Bertz CT molecular complexity index is 753. The Morgan fingerprint density at radius 2 is 1.88 bits per heavy atom. The van der Waals surface area contributed by atoms with Crippen LogP contribution in [-0.4, -0.2) is 48.9 Å². The number of rotatable bonds is 4. The van der Waals surface area contributed by atoms with Gasteiger partial charge in [-0.1, -0.05) is 32.9 Å².